The molecule has 1 aliphatic heterocycles. The molecule has 0 aromatic heterocycles. The van der Waals surface area contributed by atoms with Gasteiger partial charge in [0.2, 0.25) is 5.91 Å². The number of halogens is 2. The molecule has 3 aromatic rings. The van der Waals surface area contributed by atoms with Crippen LogP contribution in [0.4, 0.5) is 10.1 Å². The zero-order chi connectivity index (χ0) is 26.9. The van der Waals surface area contributed by atoms with E-state index >= 15 is 0 Å². The van der Waals surface area contributed by atoms with Gasteiger partial charge >= 0.3 is 0 Å². The number of carbonyl (C=O) groups is 2. The maximum Gasteiger partial charge on any atom is 0.254 e. The highest BCUT2D eigenvalue weighted by molar-refractivity contribution is 6.31. The van der Waals surface area contributed by atoms with E-state index in [4.69, 9.17) is 30.5 Å². The van der Waals surface area contributed by atoms with Gasteiger partial charge in [-0.15, -0.1) is 0 Å². The molecule has 0 aliphatic carbocycles. The summed E-state index contributed by atoms with van der Waals surface area (Å²) in [5.74, 6) is -0.551. The quantitative estimate of drug-likeness (QED) is 0.461. The Morgan fingerprint density at radius 1 is 0.892 bits per heavy atom. The van der Waals surface area contributed by atoms with Crippen LogP contribution in [0, 0.1) is 5.82 Å². The first-order chi connectivity index (χ1) is 17.7. The average molecular weight is 529 g/mol. The Labute approximate surface area is 218 Å². The minimum Gasteiger partial charge on any atom is -0.493 e. The molecular formula is C27H26ClFN2O6. The van der Waals surface area contributed by atoms with Crippen molar-refractivity contribution in [3.63, 3.8) is 0 Å². The van der Waals surface area contributed by atoms with Crippen molar-refractivity contribution < 1.29 is 32.9 Å². The highest BCUT2D eigenvalue weighted by Crippen LogP contribution is 2.47. The molecule has 4 rings (SSSR count). The van der Waals surface area contributed by atoms with E-state index in [1.165, 1.54) is 51.5 Å². The van der Waals surface area contributed by atoms with Crippen LogP contribution in [0.1, 0.15) is 33.4 Å². The van der Waals surface area contributed by atoms with Crippen LogP contribution in [0.25, 0.3) is 0 Å². The number of likely N-dealkylation sites (N-methyl/N-ethyl adjacent to an activating group) is 1. The lowest BCUT2D eigenvalue weighted by Gasteiger charge is -2.40. The van der Waals surface area contributed by atoms with Crippen LogP contribution in [0.5, 0.6) is 23.0 Å². The molecule has 3 aromatic carbocycles. The fourth-order valence-electron chi connectivity index (χ4n) is 4.58. The zero-order valence-corrected chi connectivity index (χ0v) is 21.7. The van der Waals surface area contributed by atoms with Crippen molar-refractivity contribution in [3.05, 3.63) is 76.1 Å². The van der Waals surface area contributed by atoms with Crippen LogP contribution >= 0.6 is 11.6 Å². The molecule has 0 radical (unpaired) electrons. The molecule has 37 heavy (non-hydrogen) atoms. The van der Waals surface area contributed by atoms with Gasteiger partial charge in [0, 0.05) is 18.3 Å². The van der Waals surface area contributed by atoms with E-state index in [1.807, 2.05) is 0 Å². The average Bonchev–Trinajstić information content (AvgIpc) is 2.91. The minimum atomic E-state index is -0.889. The van der Waals surface area contributed by atoms with Crippen LogP contribution in [0.2, 0.25) is 5.02 Å². The van der Waals surface area contributed by atoms with E-state index < -0.39 is 23.7 Å². The molecule has 1 heterocycles. The molecule has 2 amide bonds. The van der Waals surface area contributed by atoms with Gasteiger partial charge in [0.25, 0.3) is 5.91 Å². The van der Waals surface area contributed by atoms with Gasteiger partial charge in [0.15, 0.2) is 23.0 Å². The van der Waals surface area contributed by atoms with Gasteiger partial charge in [-0.05, 0) is 53.6 Å². The molecule has 0 bridgehead atoms. The van der Waals surface area contributed by atoms with Crippen LogP contribution in [0.3, 0.4) is 0 Å². The third-order valence-corrected chi connectivity index (χ3v) is 6.68. The van der Waals surface area contributed by atoms with Crippen molar-refractivity contribution in [2.24, 2.45) is 0 Å². The predicted molar refractivity (Wildman–Crippen MR) is 137 cm³/mol. The largest absolute Gasteiger partial charge is 0.493 e. The van der Waals surface area contributed by atoms with Crippen molar-refractivity contribution in [1.29, 1.82) is 0 Å². The van der Waals surface area contributed by atoms with Crippen LogP contribution < -0.4 is 24.3 Å². The lowest BCUT2D eigenvalue weighted by Crippen LogP contribution is -2.44. The number of hydrogen-bond donors (Lipinski definition) is 1. The summed E-state index contributed by atoms with van der Waals surface area (Å²) >= 11 is 5.93. The number of methoxy groups -OCH3 is 4. The highest BCUT2D eigenvalue weighted by atomic mass is 35.5. The third kappa shape index (κ3) is 4.74. The van der Waals surface area contributed by atoms with Crippen molar-refractivity contribution in [1.82, 2.24) is 4.90 Å². The van der Waals surface area contributed by atoms with Crippen LogP contribution in [-0.2, 0) is 4.79 Å². The molecule has 0 spiro atoms. The molecule has 1 N–H and O–H groups in total. The summed E-state index contributed by atoms with van der Waals surface area (Å²) in [6.07, 6.45) is 0. The monoisotopic (exact) mass is 528 g/mol. The van der Waals surface area contributed by atoms with Gasteiger partial charge < -0.3 is 29.2 Å². The van der Waals surface area contributed by atoms with E-state index in [0.717, 1.165) is 0 Å². The van der Waals surface area contributed by atoms with Gasteiger partial charge in [-0.2, -0.15) is 0 Å². The number of amides is 2. The number of hydrogen-bond acceptors (Lipinski definition) is 6. The highest BCUT2D eigenvalue weighted by Gasteiger charge is 2.44. The van der Waals surface area contributed by atoms with E-state index in [0.29, 0.717) is 45.4 Å². The first-order valence-electron chi connectivity index (χ1n) is 11.2. The molecule has 2 atom stereocenters. The lowest BCUT2D eigenvalue weighted by molar-refractivity contribution is -0.119. The van der Waals surface area contributed by atoms with Crippen molar-refractivity contribution in [2.75, 3.05) is 40.8 Å². The molecule has 0 fully saturated rings. The molecule has 0 saturated carbocycles. The normalized spacial score (nSPS) is 16.6. The summed E-state index contributed by atoms with van der Waals surface area (Å²) in [5, 5.41) is 2.69. The Hall–Kier alpha value is -3.98. The predicted octanol–water partition coefficient (Wildman–Crippen LogP) is 5.06. The second-order valence-electron chi connectivity index (χ2n) is 8.37. The van der Waals surface area contributed by atoms with Crippen molar-refractivity contribution in [2.45, 2.75) is 12.0 Å². The van der Waals surface area contributed by atoms with Gasteiger partial charge in [0.05, 0.1) is 45.4 Å². The van der Waals surface area contributed by atoms with Gasteiger partial charge in [-0.3, -0.25) is 9.59 Å². The summed E-state index contributed by atoms with van der Waals surface area (Å²) in [4.78, 5) is 28.9. The fourth-order valence-corrected chi connectivity index (χ4v) is 4.76. The maximum atomic E-state index is 13.9. The molecule has 10 heteroatoms. The molecule has 0 unspecified atom stereocenters. The lowest BCUT2D eigenvalue weighted by atomic mass is 9.79. The SMILES string of the molecule is COc1ccc([C@H]2[C@H](C(=O)Nc3ccc(F)c(Cl)c3)c3cc(OC)c(OC)cc3C(=O)N2C)cc1OC. The standard InChI is InChI=1S/C27H26ClFN2O6/c1-31-25(14-6-9-20(34-2)21(10-14)35-3)24(26(32)30-15-7-8-19(29)18(28)11-15)16-12-22(36-4)23(37-5)13-17(16)27(31)33/h6-13,24-25H,1-5H3,(H,30,32)/t24-,25+/m1/s1. The van der Waals surface area contributed by atoms with Gasteiger partial charge in [-0.25, -0.2) is 4.39 Å². The van der Waals surface area contributed by atoms with E-state index in [2.05, 4.69) is 5.32 Å². The van der Waals surface area contributed by atoms with E-state index in [9.17, 15) is 14.0 Å². The number of carbonyl (C=O) groups excluding carboxylic acids is 2. The first-order valence-corrected chi connectivity index (χ1v) is 11.6. The number of rotatable bonds is 7. The second-order valence-corrected chi connectivity index (χ2v) is 8.77. The number of nitrogens with zero attached hydrogens (tertiary/aromatic N) is 1. The molecular weight excluding hydrogens is 503 g/mol. The number of ether oxygens (including phenoxy) is 4. The second kappa shape index (κ2) is 10.6. The third-order valence-electron chi connectivity index (χ3n) is 6.39. The fraction of sp³-hybridized carbons (Fsp3) is 0.259. The molecule has 8 nitrogen and oxygen atoms in total. The Kier molecular flexibility index (Phi) is 7.45. The molecule has 194 valence electrons. The van der Waals surface area contributed by atoms with Gasteiger partial charge in [-0.1, -0.05) is 17.7 Å². The minimum absolute atomic E-state index is 0.128. The first kappa shape index (κ1) is 26.1. The summed E-state index contributed by atoms with van der Waals surface area (Å²) in [7, 11) is 7.59. The Morgan fingerprint density at radius 3 is 2.14 bits per heavy atom. The number of benzene rings is 3. The molecule has 1 aliphatic rings. The Bertz CT molecular complexity index is 1360. The van der Waals surface area contributed by atoms with Crippen molar-refractivity contribution >= 4 is 29.1 Å². The Morgan fingerprint density at radius 2 is 1.51 bits per heavy atom. The summed E-state index contributed by atoms with van der Waals surface area (Å²) in [6.45, 7) is 0. The van der Waals surface area contributed by atoms with Crippen molar-refractivity contribution in [3.8, 4) is 23.0 Å². The van der Waals surface area contributed by atoms with Crippen LogP contribution in [-0.4, -0.2) is 52.2 Å². The maximum absolute atomic E-state index is 13.9. The van der Waals surface area contributed by atoms with Crippen LogP contribution in [0.15, 0.2) is 48.5 Å². The van der Waals surface area contributed by atoms with Gasteiger partial charge in [0.1, 0.15) is 5.82 Å². The number of nitrogens with one attached hydrogen (secondary N) is 1. The van der Waals surface area contributed by atoms with E-state index in [-0.39, 0.29) is 10.9 Å². The summed E-state index contributed by atoms with van der Waals surface area (Å²) in [5.41, 5.74) is 1.70. The Balaban J connectivity index is 1.90. The molecule has 0 saturated heterocycles. The topological polar surface area (TPSA) is 86.3 Å². The summed E-state index contributed by atoms with van der Waals surface area (Å²) < 4.78 is 35.4. The smallest absolute Gasteiger partial charge is 0.254 e. The number of anilines is 1. The van der Waals surface area contributed by atoms with E-state index in [1.54, 1.807) is 37.4 Å². The zero-order valence-electron chi connectivity index (χ0n) is 20.9. The summed E-state index contributed by atoms with van der Waals surface area (Å²) in [6, 6.07) is 11.6. The number of fused-ring (bicyclic) bond motifs is 1.